The van der Waals surface area contributed by atoms with Crippen molar-refractivity contribution in [1.82, 2.24) is 0 Å². The molecule has 0 radical (unpaired) electrons. The number of carbonyl (C=O) groups is 4. The Balaban J connectivity index is -0.000000606. The first-order valence-corrected chi connectivity index (χ1v) is 34.6. The van der Waals surface area contributed by atoms with Gasteiger partial charge in [0.05, 0.1) is 18.6 Å². The number of aliphatic hydroxyl groups excluding tert-OH is 2. The molecule has 12 heteroatoms. The number of aliphatic carboxylic acids is 1. The molecule has 0 saturated carbocycles. The minimum absolute atomic E-state index is 0.0511. The van der Waals surface area contributed by atoms with Crippen molar-refractivity contribution in [2.75, 3.05) is 33.5 Å². The van der Waals surface area contributed by atoms with Crippen molar-refractivity contribution < 1.29 is 58.9 Å². The number of carboxylic acid groups (broad SMARTS) is 1. The number of phenolic OH excluding ortho intramolecular Hbond substituents is 2. The van der Waals surface area contributed by atoms with Gasteiger partial charge in [0.2, 0.25) is 0 Å². The van der Waals surface area contributed by atoms with Crippen LogP contribution in [0.4, 0.5) is 0 Å². The van der Waals surface area contributed by atoms with Crippen molar-refractivity contribution in [3.63, 3.8) is 0 Å². The maximum absolute atomic E-state index is 12.7. The lowest BCUT2D eigenvalue weighted by atomic mass is 9.78. The summed E-state index contributed by atoms with van der Waals surface area (Å²) < 4.78 is 16.4. The normalized spacial score (nSPS) is 13.6. The fourth-order valence-corrected chi connectivity index (χ4v) is 9.45. The van der Waals surface area contributed by atoms with E-state index < -0.39 is 11.4 Å². The monoisotopic (exact) mass is 1320 g/mol. The molecule has 0 fully saturated rings. The highest BCUT2D eigenvalue weighted by atomic mass is 16.6. The maximum atomic E-state index is 12.7. The van der Waals surface area contributed by atoms with E-state index in [9.17, 15) is 39.6 Å². The van der Waals surface area contributed by atoms with Crippen LogP contribution in [0.2, 0.25) is 0 Å². The van der Waals surface area contributed by atoms with Crippen LogP contribution in [0.25, 0.3) is 0 Å². The average Bonchev–Trinajstić information content (AvgIpc) is 0.796. The summed E-state index contributed by atoms with van der Waals surface area (Å²) >= 11 is 0. The second kappa shape index (κ2) is 43.0. The number of methoxy groups -OCH3 is 1. The zero-order valence-corrected chi connectivity index (χ0v) is 66.3. The lowest BCUT2D eigenvalue weighted by molar-refractivity contribution is -0.156. The summed E-state index contributed by atoms with van der Waals surface area (Å²) in [5, 5.41) is 50.1. The van der Waals surface area contributed by atoms with E-state index in [1.807, 2.05) is 106 Å². The molecule has 2 rings (SSSR count). The number of aliphatic hydroxyl groups is 2. The molecule has 0 aliphatic carbocycles. The number of phenols is 2. The van der Waals surface area contributed by atoms with Gasteiger partial charge in [0.15, 0.2) is 0 Å². The third-order valence-corrected chi connectivity index (χ3v) is 16.0. The van der Waals surface area contributed by atoms with Crippen molar-refractivity contribution in [2.24, 2.45) is 27.6 Å². The van der Waals surface area contributed by atoms with E-state index in [1.54, 1.807) is 7.11 Å². The Morgan fingerprint density at radius 1 is 0.564 bits per heavy atom. The van der Waals surface area contributed by atoms with Gasteiger partial charge in [0.25, 0.3) is 0 Å². The highest BCUT2D eigenvalue weighted by Crippen LogP contribution is 2.42. The Bertz CT molecular complexity index is 2680. The molecular formula is C82H142O12. The van der Waals surface area contributed by atoms with Gasteiger partial charge >= 0.3 is 17.9 Å². The zero-order chi connectivity index (χ0) is 74.9. The first-order valence-electron chi connectivity index (χ1n) is 34.6. The molecule has 12 nitrogen and oxygen atoms in total. The molecule has 2 aromatic rings. The standard InChI is InChI=1S/C31H50O6.C18H30O3.C17H26O2.C12H24O.2C2H6/c1-11-22(12-2)13-15-26(32)36-20-31(9,19-35-10)21-37-27(33)16-14-23-17-24(29(3,4)5)28(34)25(18-23)30(6,7)8;1-12(9-10-15(19)20)11-14(18(6,7)8)16(21)13(2)17(3,4)5;1-16(2,3)13-10-12(8-7-9-18)11-14(15(13)19)17(4,5)6;1-9(2)7-11(8-13)10(3)12(4,5)6;2*1-2/h11,17-18,34H,12-16,19-21H2,1-10H3;11,21H,1,9-10H2,2-8H3,(H,19,20);9-11,19H,7-8H2,1-6H3;9,13H,7-8H2,1-6H3;2*1-2H3/b22-11+;14-11+,16-13-;;11-10-;;. The maximum Gasteiger partial charge on any atom is 0.306 e. The van der Waals surface area contributed by atoms with E-state index >= 15 is 0 Å². The Morgan fingerprint density at radius 2 is 0.947 bits per heavy atom. The molecule has 0 aromatic heterocycles. The third kappa shape index (κ3) is 37.7. The summed E-state index contributed by atoms with van der Waals surface area (Å²) in [4.78, 5) is 46.1. The number of aldehydes is 1. The number of carbonyl (C=O) groups excluding carboxylic acids is 3. The Hall–Kier alpha value is -5.46. The second-order valence-corrected chi connectivity index (χ2v) is 32.5. The van der Waals surface area contributed by atoms with Gasteiger partial charge in [-0.1, -0.05) is 261 Å². The number of aryl methyl sites for hydroxylation is 2. The van der Waals surface area contributed by atoms with Gasteiger partial charge in [-0.25, -0.2) is 0 Å². The van der Waals surface area contributed by atoms with Crippen molar-refractivity contribution >= 4 is 24.2 Å². The van der Waals surface area contributed by atoms with Crippen LogP contribution in [0, 0.1) is 27.6 Å². The molecule has 1 atom stereocenters. The number of benzene rings is 2. The Morgan fingerprint density at radius 3 is 1.24 bits per heavy atom. The van der Waals surface area contributed by atoms with Crippen molar-refractivity contribution in [3.8, 4) is 11.5 Å². The SMILES string of the molecule is C/C(=C(/CO)CC(C)C)C(C)(C)C.C/C=C(\CC)CCC(=O)OCC(C)(COC)COC(=O)CCc1cc(C(C)(C)C)c(O)c(C(C)(C)C)c1.C=C(/C=C(\C(O)=C(/C)C(C)(C)C)C(C)(C)C)CCC(=O)O.CC.CC.CC(C)(C)c1cc(CCC=O)cc(C(C)(C)C)c1O. The molecule has 0 aliphatic heterocycles. The predicted octanol–water partition coefficient (Wildman–Crippen LogP) is 21.6. The summed E-state index contributed by atoms with van der Waals surface area (Å²) in [6.07, 6.45) is 10.2. The summed E-state index contributed by atoms with van der Waals surface area (Å²) in [5.41, 5.74) is 10.5. The minimum Gasteiger partial charge on any atom is -0.508 e. The molecule has 2 aromatic carbocycles. The van der Waals surface area contributed by atoms with Crippen molar-refractivity contribution in [3.05, 3.63) is 116 Å². The number of esters is 2. The van der Waals surface area contributed by atoms with E-state index in [0.29, 0.717) is 56.1 Å². The summed E-state index contributed by atoms with van der Waals surface area (Å²) in [7, 11) is 1.58. The van der Waals surface area contributed by atoms with Gasteiger partial charge in [-0.3, -0.25) is 14.4 Å². The Labute approximate surface area is 576 Å². The van der Waals surface area contributed by atoms with E-state index in [4.69, 9.17) is 19.3 Å². The molecule has 94 heavy (non-hydrogen) atoms. The second-order valence-electron chi connectivity index (χ2n) is 32.5. The third-order valence-electron chi connectivity index (χ3n) is 16.0. The van der Waals surface area contributed by atoms with E-state index in [2.05, 4.69) is 159 Å². The summed E-state index contributed by atoms with van der Waals surface area (Å²) in [6, 6.07) is 8.05. The number of carboxylic acids is 1. The van der Waals surface area contributed by atoms with Gasteiger partial charge < -0.3 is 44.5 Å². The van der Waals surface area contributed by atoms with Crippen LogP contribution in [0.15, 0.2) is 82.2 Å². The predicted molar refractivity (Wildman–Crippen MR) is 399 cm³/mol. The summed E-state index contributed by atoms with van der Waals surface area (Å²) in [6.45, 7) is 70.8. The largest absolute Gasteiger partial charge is 0.508 e. The number of hydrogen-bond donors (Lipinski definition) is 5. The lowest BCUT2D eigenvalue weighted by Crippen LogP contribution is -2.35. The molecule has 0 bridgehead atoms. The van der Waals surface area contributed by atoms with Crippen LogP contribution >= 0.6 is 0 Å². The number of hydrogen-bond acceptors (Lipinski definition) is 11. The molecule has 0 aliphatic rings. The number of ether oxygens (including phenoxy) is 3. The molecule has 0 saturated heterocycles. The van der Waals surface area contributed by atoms with Gasteiger partial charge in [-0.15, -0.1) is 0 Å². The molecule has 1 unspecified atom stereocenters. The highest BCUT2D eigenvalue weighted by molar-refractivity contribution is 5.70. The number of rotatable bonds is 24. The first-order chi connectivity index (χ1) is 42.7. The van der Waals surface area contributed by atoms with Crippen LogP contribution in [-0.2, 0) is 67.9 Å². The molecular weight excluding hydrogens is 1180 g/mol. The van der Waals surface area contributed by atoms with Gasteiger partial charge in [-0.2, -0.15) is 0 Å². The van der Waals surface area contributed by atoms with Crippen LogP contribution in [0.1, 0.15) is 306 Å². The van der Waals surface area contributed by atoms with E-state index in [-0.39, 0.29) is 88.3 Å². The van der Waals surface area contributed by atoms with Crippen LogP contribution in [0.5, 0.6) is 11.5 Å². The molecule has 5 N–H and O–H groups in total. The molecule has 542 valence electrons. The van der Waals surface area contributed by atoms with E-state index in [1.165, 1.54) is 16.7 Å². The fraction of sp³-hybridized carbons (Fsp3) is 0.683. The Kier molecular flexibility index (Phi) is 43.4. The van der Waals surface area contributed by atoms with Gasteiger partial charge in [-0.05, 0) is 153 Å². The quantitative estimate of drug-likeness (QED) is 0.0220. The first kappa shape index (κ1) is 94.9. The topological polar surface area (TPSA) is 197 Å². The number of aromatic hydroxyl groups is 2. The smallest absolute Gasteiger partial charge is 0.306 e. The van der Waals surface area contributed by atoms with Crippen LogP contribution in [0.3, 0.4) is 0 Å². The minimum atomic E-state index is -0.840. The molecule has 0 heterocycles. The molecule has 0 amide bonds. The average molecular weight is 1320 g/mol. The number of allylic oxidation sites excluding steroid dienone is 7. The van der Waals surface area contributed by atoms with Gasteiger partial charge in [0, 0.05) is 32.8 Å². The fourth-order valence-electron chi connectivity index (χ4n) is 9.45. The highest BCUT2D eigenvalue weighted by Gasteiger charge is 2.32. The lowest BCUT2D eigenvalue weighted by Gasteiger charge is -2.28. The van der Waals surface area contributed by atoms with Gasteiger partial charge in [0.1, 0.15) is 36.8 Å². The zero-order valence-electron chi connectivity index (χ0n) is 66.3. The molecule has 0 spiro atoms. The van der Waals surface area contributed by atoms with Crippen LogP contribution in [-0.4, -0.2) is 83.3 Å². The van der Waals surface area contributed by atoms with E-state index in [0.717, 1.165) is 75.6 Å². The van der Waals surface area contributed by atoms with Crippen molar-refractivity contribution in [1.29, 1.82) is 0 Å². The van der Waals surface area contributed by atoms with Crippen LogP contribution < -0.4 is 0 Å². The van der Waals surface area contributed by atoms with Crippen molar-refractivity contribution in [2.45, 2.75) is 307 Å². The summed E-state index contributed by atoms with van der Waals surface area (Å²) in [5.74, 6) is 0.205.